The van der Waals surface area contributed by atoms with Crippen LogP contribution in [0.25, 0.3) is 0 Å². The summed E-state index contributed by atoms with van der Waals surface area (Å²) in [7, 11) is 0. The van der Waals surface area contributed by atoms with E-state index in [0.717, 1.165) is 12.8 Å². The zero-order chi connectivity index (χ0) is 11.2. The van der Waals surface area contributed by atoms with Crippen molar-refractivity contribution >= 4 is 6.09 Å². The highest BCUT2D eigenvalue weighted by Gasteiger charge is 2.52. The molecule has 15 heavy (non-hydrogen) atoms. The Balaban J connectivity index is 2.01. The van der Waals surface area contributed by atoms with Gasteiger partial charge in [0.25, 0.3) is 0 Å². The van der Waals surface area contributed by atoms with Crippen LogP contribution in [0.2, 0.25) is 0 Å². The molecule has 2 aliphatic heterocycles. The maximum atomic E-state index is 11.9. The summed E-state index contributed by atoms with van der Waals surface area (Å²) in [5.74, 6) is 0.618. The van der Waals surface area contributed by atoms with Crippen LogP contribution in [0.5, 0.6) is 0 Å². The summed E-state index contributed by atoms with van der Waals surface area (Å²) in [5.41, 5.74) is 5.28. The zero-order valence-corrected chi connectivity index (χ0v) is 9.69. The zero-order valence-electron chi connectivity index (χ0n) is 9.69. The van der Waals surface area contributed by atoms with Gasteiger partial charge in [0, 0.05) is 12.6 Å². The molecule has 0 aromatic carbocycles. The van der Waals surface area contributed by atoms with Crippen LogP contribution in [-0.4, -0.2) is 35.2 Å². The van der Waals surface area contributed by atoms with E-state index in [1.54, 1.807) is 0 Å². The van der Waals surface area contributed by atoms with Crippen LogP contribution in [-0.2, 0) is 4.74 Å². The van der Waals surface area contributed by atoms with Crippen molar-refractivity contribution in [2.75, 3.05) is 6.54 Å². The van der Waals surface area contributed by atoms with E-state index in [2.05, 4.69) is 0 Å². The number of carbonyl (C=O) groups excluding carboxylic acids is 1. The molecule has 3 rings (SSSR count). The summed E-state index contributed by atoms with van der Waals surface area (Å²) in [5, 5.41) is 0. The number of rotatable bonds is 1. The summed E-state index contributed by atoms with van der Waals surface area (Å²) >= 11 is 0. The van der Waals surface area contributed by atoms with E-state index in [1.165, 1.54) is 0 Å². The first-order valence-electron chi connectivity index (χ1n) is 5.64. The van der Waals surface area contributed by atoms with Crippen molar-refractivity contribution in [3.05, 3.63) is 0 Å². The maximum Gasteiger partial charge on any atom is 0.410 e. The molecule has 0 aromatic rings. The lowest BCUT2D eigenvalue weighted by atomic mass is 9.83. The number of nitrogens with zero attached hydrogens (tertiary/aromatic N) is 1. The molecule has 1 saturated carbocycles. The van der Waals surface area contributed by atoms with Gasteiger partial charge in [-0.2, -0.15) is 0 Å². The van der Waals surface area contributed by atoms with Crippen LogP contribution in [0, 0.1) is 5.92 Å². The van der Waals surface area contributed by atoms with E-state index in [0.29, 0.717) is 18.5 Å². The number of nitrogens with two attached hydrogens (primary N) is 1. The van der Waals surface area contributed by atoms with Crippen LogP contribution in [0.15, 0.2) is 0 Å². The Morgan fingerprint density at radius 3 is 2.53 bits per heavy atom. The molecular weight excluding hydrogens is 192 g/mol. The molecule has 1 amide bonds. The van der Waals surface area contributed by atoms with Gasteiger partial charge in [-0.05, 0) is 39.5 Å². The van der Waals surface area contributed by atoms with Crippen LogP contribution in [0.4, 0.5) is 4.79 Å². The van der Waals surface area contributed by atoms with Crippen molar-refractivity contribution in [3.8, 4) is 0 Å². The number of carbonyl (C=O) groups is 1. The Hall–Kier alpha value is -0.770. The predicted octanol–water partition coefficient (Wildman–Crippen LogP) is 1.34. The van der Waals surface area contributed by atoms with Gasteiger partial charge >= 0.3 is 6.09 Å². The first-order chi connectivity index (χ1) is 6.92. The summed E-state index contributed by atoms with van der Waals surface area (Å²) in [6.07, 6.45) is 2.03. The molecule has 86 valence electrons. The van der Waals surface area contributed by atoms with Crippen LogP contribution >= 0.6 is 0 Å². The fourth-order valence-electron chi connectivity index (χ4n) is 2.57. The standard InChI is InChI=1S/C11H20N2O2/c1-11(2,3)15-10(14)13-8-4-7(5-8)9(13)6-12/h7-9H,4-6,12H2,1-3H3/t7?,8?,9-/m1/s1. The van der Waals surface area contributed by atoms with E-state index in [-0.39, 0.29) is 12.1 Å². The van der Waals surface area contributed by atoms with Crippen molar-refractivity contribution in [2.45, 2.75) is 51.3 Å². The molecule has 1 atom stereocenters. The molecule has 3 fully saturated rings. The normalized spacial score (nSPS) is 33.9. The molecule has 4 nitrogen and oxygen atoms in total. The quantitative estimate of drug-likeness (QED) is 0.713. The number of amides is 1. The minimum absolute atomic E-state index is 0.192. The van der Waals surface area contributed by atoms with Crippen LogP contribution < -0.4 is 5.73 Å². The lowest BCUT2D eigenvalue weighted by Crippen LogP contribution is -2.43. The molecule has 4 heteroatoms. The van der Waals surface area contributed by atoms with Crippen molar-refractivity contribution in [3.63, 3.8) is 0 Å². The fraction of sp³-hybridized carbons (Fsp3) is 0.909. The molecule has 2 saturated heterocycles. The third-order valence-corrected chi connectivity index (χ3v) is 3.29. The lowest BCUT2D eigenvalue weighted by Gasteiger charge is -2.29. The summed E-state index contributed by atoms with van der Waals surface area (Å²) in [6, 6.07) is 0.600. The van der Waals surface area contributed by atoms with Gasteiger partial charge in [0.05, 0.1) is 6.04 Å². The molecule has 2 heterocycles. The third kappa shape index (κ3) is 1.83. The third-order valence-electron chi connectivity index (χ3n) is 3.29. The molecule has 1 aliphatic carbocycles. The Bertz CT molecular complexity index is 266. The Morgan fingerprint density at radius 2 is 2.07 bits per heavy atom. The highest BCUT2D eigenvalue weighted by molar-refractivity contribution is 5.70. The molecule has 3 aliphatic rings. The maximum absolute atomic E-state index is 11.9. The minimum Gasteiger partial charge on any atom is -0.444 e. The van der Waals surface area contributed by atoms with Gasteiger partial charge in [0.2, 0.25) is 0 Å². The highest BCUT2D eigenvalue weighted by Crippen LogP contribution is 2.45. The van der Waals surface area contributed by atoms with E-state index in [1.807, 2.05) is 25.7 Å². The average molecular weight is 212 g/mol. The molecule has 0 unspecified atom stereocenters. The summed E-state index contributed by atoms with van der Waals surface area (Å²) in [6.45, 7) is 6.23. The van der Waals surface area contributed by atoms with Crippen molar-refractivity contribution < 1.29 is 9.53 Å². The SMILES string of the molecule is CC(C)(C)OC(=O)N1C2CC(C2)[C@H]1CN. The van der Waals surface area contributed by atoms with Crippen LogP contribution in [0.1, 0.15) is 33.6 Å². The fourth-order valence-corrected chi connectivity index (χ4v) is 2.57. The summed E-state index contributed by atoms with van der Waals surface area (Å²) in [4.78, 5) is 13.8. The van der Waals surface area contributed by atoms with Gasteiger partial charge in [-0.3, -0.25) is 0 Å². The van der Waals surface area contributed by atoms with Crippen molar-refractivity contribution in [1.29, 1.82) is 0 Å². The first-order valence-corrected chi connectivity index (χ1v) is 5.64. The topological polar surface area (TPSA) is 55.6 Å². The lowest BCUT2D eigenvalue weighted by molar-refractivity contribution is 0.0194. The Morgan fingerprint density at radius 1 is 1.47 bits per heavy atom. The smallest absolute Gasteiger partial charge is 0.410 e. The first kappa shape index (κ1) is 10.7. The molecular formula is C11H20N2O2. The van der Waals surface area contributed by atoms with Crippen molar-refractivity contribution in [1.82, 2.24) is 4.90 Å². The van der Waals surface area contributed by atoms with E-state index < -0.39 is 5.60 Å². The largest absolute Gasteiger partial charge is 0.444 e. The predicted molar refractivity (Wildman–Crippen MR) is 57.4 cm³/mol. The van der Waals surface area contributed by atoms with Gasteiger partial charge < -0.3 is 15.4 Å². The summed E-state index contributed by atoms with van der Waals surface area (Å²) < 4.78 is 5.38. The number of hydrogen-bond acceptors (Lipinski definition) is 3. The van der Waals surface area contributed by atoms with E-state index in [4.69, 9.17) is 10.5 Å². The van der Waals surface area contributed by atoms with Crippen molar-refractivity contribution in [2.24, 2.45) is 11.7 Å². The highest BCUT2D eigenvalue weighted by atomic mass is 16.6. The number of ether oxygens (including phenoxy) is 1. The van der Waals surface area contributed by atoms with Crippen LogP contribution in [0.3, 0.4) is 0 Å². The van der Waals surface area contributed by atoms with E-state index >= 15 is 0 Å². The molecule has 2 bridgehead atoms. The monoisotopic (exact) mass is 212 g/mol. The number of hydrogen-bond donors (Lipinski definition) is 1. The van der Waals surface area contributed by atoms with Gasteiger partial charge in [-0.1, -0.05) is 0 Å². The number of fused-ring (bicyclic) bond motifs is 1. The molecule has 0 radical (unpaired) electrons. The Kier molecular flexibility index (Phi) is 2.41. The van der Waals surface area contributed by atoms with Gasteiger partial charge in [-0.15, -0.1) is 0 Å². The minimum atomic E-state index is -0.413. The second kappa shape index (κ2) is 3.37. The Labute approximate surface area is 90.8 Å². The van der Waals surface area contributed by atoms with Gasteiger partial charge in [-0.25, -0.2) is 4.79 Å². The average Bonchev–Trinajstić information content (AvgIpc) is 2.50. The molecule has 2 N–H and O–H groups in total. The van der Waals surface area contributed by atoms with E-state index in [9.17, 15) is 4.79 Å². The molecule has 0 spiro atoms. The van der Waals surface area contributed by atoms with Gasteiger partial charge in [0.1, 0.15) is 5.60 Å². The van der Waals surface area contributed by atoms with Gasteiger partial charge in [0.15, 0.2) is 0 Å². The molecule has 0 aromatic heterocycles. The second-order valence-electron chi connectivity index (χ2n) is 5.58. The second-order valence-corrected chi connectivity index (χ2v) is 5.58.